The highest BCUT2D eigenvalue weighted by Gasteiger charge is 2.72. The molecule has 2 aliphatic heterocycles. The number of rotatable bonds is 8. The lowest BCUT2D eigenvalue weighted by Crippen LogP contribution is -2.68. The zero-order valence-electron chi connectivity index (χ0n) is 35.7. The molecule has 0 amide bonds. The van der Waals surface area contributed by atoms with E-state index >= 15 is 0 Å². The molecule has 60 heavy (non-hydrogen) atoms. The van der Waals surface area contributed by atoms with E-state index in [4.69, 9.17) is 23.1 Å². The fourth-order valence-corrected chi connectivity index (χ4v) is 14.5. The van der Waals surface area contributed by atoms with E-state index in [1.54, 1.807) is 6.92 Å². The van der Waals surface area contributed by atoms with Crippen LogP contribution in [-0.2, 0) is 38.3 Å². The molecule has 0 aromatic rings. The molecule has 7 aliphatic rings. The molecule has 0 aromatic carbocycles. The highest BCUT2D eigenvalue weighted by molar-refractivity contribution is 7.80. The number of carbonyl (C=O) groups excluding carboxylic acids is 1. The summed E-state index contributed by atoms with van der Waals surface area (Å²) in [5, 5.41) is 85.1. The molecule has 18 heteroatoms. The van der Waals surface area contributed by atoms with E-state index < -0.39 is 125 Å². The molecule has 0 unspecified atom stereocenters. The number of allylic oxidation sites excluding steroid dienone is 1. The van der Waals surface area contributed by atoms with Gasteiger partial charge in [0.2, 0.25) is 6.29 Å². The molecule has 4 saturated carbocycles. The third-order valence-electron chi connectivity index (χ3n) is 17.8. The van der Waals surface area contributed by atoms with Gasteiger partial charge in [-0.2, -0.15) is 8.42 Å². The summed E-state index contributed by atoms with van der Waals surface area (Å²) in [6, 6.07) is 0. The van der Waals surface area contributed by atoms with Crippen molar-refractivity contribution in [1.82, 2.24) is 0 Å². The average Bonchev–Trinajstić information content (AvgIpc) is 3.16. The second kappa shape index (κ2) is 15.7. The van der Waals surface area contributed by atoms with Crippen LogP contribution in [0.5, 0.6) is 0 Å². The van der Waals surface area contributed by atoms with Gasteiger partial charge >= 0.3 is 16.4 Å². The molecule has 7 rings (SSSR count). The standard InChI is InChI=1S/C42H68O17S/c1-20-10-15-42(36(50)58-34-31(49)29(47)27(45)22(18-43)55-34)17-16-39(5)21(33(42)41(20,7)51)8-9-25-38(4)13-12-26(37(2,3)24(38)11-14-40(25,39)6)57-35-32(59-60(52,53)54)30(48)28(46)23(19-44)56-35/h8,20,22-35,43-49,51H,9-19H2,1-7H3,(H,52,53,54)/t20-,22-,23-,24+,25-,26+,27-,28-,29+,30+,31-,32-,33-,34+,35+,38+,39-,40-,41-,42+/m1/s1. The predicted molar refractivity (Wildman–Crippen MR) is 209 cm³/mol. The molecular formula is C42H68O17S. The van der Waals surface area contributed by atoms with Gasteiger partial charge in [0.05, 0.1) is 30.3 Å². The first-order chi connectivity index (χ1) is 27.7. The van der Waals surface area contributed by atoms with Gasteiger partial charge in [-0.1, -0.05) is 53.2 Å². The van der Waals surface area contributed by atoms with E-state index in [2.05, 4.69) is 40.7 Å². The Balaban J connectivity index is 1.18. The van der Waals surface area contributed by atoms with Gasteiger partial charge in [-0.25, -0.2) is 4.18 Å². The number of aliphatic hydroxyl groups is 8. The largest absolute Gasteiger partial charge is 0.432 e. The van der Waals surface area contributed by atoms with E-state index in [-0.39, 0.29) is 28.6 Å². The normalized spacial score (nSPS) is 52.8. The SMILES string of the molecule is C[C@@H]1CC[C@]2(C(=O)O[C@@H]3O[C@H](CO)[C@@H](O)[C@H](O)[C@H]3O)CC[C@]3(C)C(=CC[C@@H]4[C@@]5(C)CC[C@H](O[C@@H]6O[C@H](CO)[C@@H](O)[C@H](O)[C@H]6OS(=O)(=O)O)C(C)(C)[C@@H]5CC[C@]43C)[C@@H]2[C@]1(C)O. The first kappa shape index (κ1) is 46.6. The maximum atomic E-state index is 14.7. The number of hydrogen-bond acceptors (Lipinski definition) is 16. The Morgan fingerprint density at radius 1 is 0.783 bits per heavy atom. The van der Waals surface area contributed by atoms with Crippen molar-refractivity contribution >= 4 is 16.4 Å². The number of hydrogen-bond donors (Lipinski definition) is 9. The van der Waals surface area contributed by atoms with Crippen LogP contribution >= 0.6 is 0 Å². The average molecular weight is 877 g/mol. The summed E-state index contributed by atoms with van der Waals surface area (Å²) in [6.07, 6.45) is -8.99. The first-order valence-electron chi connectivity index (χ1n) is 21.6. The summed E-state index contributed by atoms with van der Waals surface area (Å²) >= 11 is 0. The Hall–Kier alpha value is -1.36. The van der Waals surface area contributed by atoms with Crippen LogP contribution in [0.2, 0.25) is 0 Å². The van der Waals surface area contributed by atoms with Crippen LogP contribution < -0.4 is 0 Å². The van der Waals surface area contributed by atoms with Crippen molar-refractivity contribution in [2.45, 2.75) is 179 Å². The molecule has 5 aliphatic carbocycles. The Kier molecular flexibility index (Phi) is 12.2. The molecule has 6 fully saturated rings. The molecule has 0 radical (unpaired) electrons. The van der Waals surface area contributed by atoms with Crippen molar-refractivity contribution < 1.29 is 81.7 Å². The summed E-state index contributed by atoms with van der Waals surface area (Å²) in [7, 11) is -5.10. The Morgan fingerprint density at radius 3 is 2.02 bits per heavy atom. The number of ether oxygens (including phenoxy) is 4. The zero-order chi connectivity index (χ0) is 44.3. The monoisotopic (exact) mass is 876 g/mol. The van der Waals surface area contributed by atoms with Gasteiger partial charge in [0.15, 0.2) is 12.4 Å². The summed E-state index contributed by atoms with van der Waals surface area (Å²) in [5.41, 5.74) is -3.00. The van der Waals surface area contributed by atoms with Gasteiger partial charge < -0.3 is 59.8 Å². The number of aliphatic hydroxyl groups excluding tert-OH is 7. The van der Waals surface area contributed by atoms with Crippen LogP contribution in [0.1, 0.15) is 106 Å². The van der Waals surface area contributed by atoms with E-state index in [0.717, 1.165) is 18.4 Å². The molecule has 20 atom stereocenters. The van der Waals surface area contributed by atoms with E-state index in [9.17, 15) is 58.6 Å². The van der Waals surface area contributed by atoms with Crippen molar-refractivity contribution in [2.75, 3.05) is 13.2 Å². The molecule has 0 bridgehead atoms. The predicted octanol–water partition coefficient (Wildman–Crippen LogP) is 1.11. The second-order valence-corrected chi connectivity index (χ2v) is 21.9. The minimum atomic E-state index is -5.10. The summed E-state index contributed by atoms with van der Waals surface area (Å²) in [6.45, 7) is 13.6. The van der Waals surface area contributed by atoms with E-state index in [1.807, 2.05) is 6.92 Å². The van der Waals surface area contributed by atoms with Crippen molar-refractivity contribution in [3.63, 3.8) is 0 Å². The summed E-state index contributed by atoms with van der Waals surface area (Å²) < 4.78 is 61.7. The molecule has 344 valence electrons. The van der Waals surface area contributed by atoms with Crippen LogP contribution in [0.4, 0.5) is 0 Å². The second-order valence-electron chi connectivity index (χ2n) is 20.8. The van der Waals surface area contributed by atoms with Crippen LogP contribution in [0.15, 0.2) is 11.6 Å². The quantitative estimate of drug-likeness (QED) is 0.0715. The third kappa shape index (κ3) is 6.97. The van der Waals surface area contributed by atoms with E-state index in [1.165, 1.54) is 0 Å². The lowest BCUT2D eigenvalue weighted by molar-refractivity contribution is -0.326. The minimum absolute atomic E-state index is 0.0862. The fraction of sp³-hybridized carbons (Fsp3) is 0.929. The van der Waals surface area contributed by atoms with Crippen molar-refractivity contribution in [3.8, 4) is 0 Å². The van der Waals surface area contributed by atoms with Gasteiger partial charge in [-0.15, -0.1) is 0 Å². The van der Waals surface area contributed by atoms with Gasteiger partial charge in [-0.05, 0) is 104 Å². The minimum Gasteiger partial charge on any atom is -0.432 e. The fourth-order valence-electron chi connectivity index (χ4n) is 14.0. The maximum absolute atomic E-state index is 14.7. The van der Waals surface area contributed by atoms with Crippen molar-refractivity contribution in [2.24, 2.45) is 50.7 Å². The lowest BCUT2D eigenvalue weighted by atomic mass is 9.33. The topological polar surface area (TPSA) is 279 Å². The van der Waals surface area contributed by atoms with Gasteiger partial charge in [0.1, 0.15) is 42.7 Å². The third-order valence-corrected chi connectivity index (χ3v) is 18.3. The molecule has 0 aromatic heterocycles. The molecule has 17 nitrogen and oxygen atoms in total. The van der Waals surface area contributed by atoms with Crippen molar-refractivity contribution in [1.29, 1.82) is 0 Å². The Morgan fingerprint density at radius 2 is 1.40 bits per heavy atom. The number of carbonyl (C=O) groups is 1. The van der Waals surface area contributed by atoms with Crippen LogP contribution in [0.25, 0.3) is 0 Å². The number of fused-ring (bicyclic) bond motifs is 7. The van der Waals surface area contributed by atoms with Gasteiger partial charge in [0, 0.05) is 5.92 Å². The molecular weight excluding hydrogens is 809 g/mol. The highest BCUT2D eigenvalue weighted by atomic mass is 32.3. The molecule has 0 spiro atoms. The maximum Gasteiger partial charge on any atom is 0.397 e. The van der Waals surface area contributed by atoms with Crippen LogP contribution in [0.3, 0.4) is 0 Å². The Labute approximate surface area is 352 Å². The van der Waals surface area contributed by atoms with Gasteiger partial charge in [0.25, 0.3) is 0 Å². The number of esters is 1. The lowest BCUT2D eigenvalue weighted by Gasteiger charge is -2.72. The van der Waals surface area contributed by atoms with Gasteiger partial charge in [-0.3, -0.25) is 9.35 Å². The summed E-state index contributed by atoms with van der Waals surface area (Å²) in [4.78, 5) is 14.7. The first-order valence-corrected chi connectivity index (χ1v) is 23.0. The molecule has 2 saturated heterocycles. The zero-order valence-corrected chi connectivity index (χ0v) is 36.5. The molecule has 2 heterocycles. The van der Waals surface area contributed by atoms with Crippen LogP contribution in [0, 0.1) is 50.7 Å². The highest BCUT2D eigenvalue weighted by Crippen LogP contribution is 2.76. The van der Waals surface area contributed by atoms with Crippen molar-refractivity contribution in [3.05, 3.63) is 11.6 Å². The molecule has 9 N–H and O–H groups in total. The van der Waals surface area contributed by atoms with Crippen LogP contribution in [-0.4, -0.2) is 146 Å². The van der Waals surface area contributed by atoms with E-state index in [0.29, 0.717) is 44.9 Å². The smallest absolute Gasteiger partial charge is 0.397 e. The summed E-state index contributed by atoms with van der Waals surface area (Å²) in [5.74, 6) is -1.22. The Bertz CT molecular complexity index is 1770.